The third-order valence-corrected chi connectivity index (χ3v) is 1.68. The number of aliphatic hydroxyl groups excluding tert-OH is 2. The molecule has 0 unspecified atom stereocenters. The summed E-state index contributed by atoms with van der Waals surface area (Å²) in [5.41, 5.74) is -0.105. The average Bonchev–Trinajstić information content (AvgIpc) is 2.05. The fourth-order valence-corrected chi connectivity index (χ4v) is 0.791. The Labute approximate surface area is 79.0 Å². The number of rotatable bonds is 5. The van der Waals surface area contributed by atoms with E-state index in [-0.39, 0.29) is 13.2 Å². The van der Waals surface area contributed by atoms with Gasteiger partial charge in [-0.1, -0.05) is 23.8 Å². The van der Waals surface area contributed by atoms with Gasteiger partial charge in [0.2, 0.25) is 0 Å². The molecule has 0 aromatic rings. The highest BCUT2D eigenvalue weighted by molar-refractivity contribution is 5.07. The summed E-state index contributed by atoms with van der Waals surface area (Å²) >= 11 is 0. The summed E-state index contributed by atoms with van der Waals surface area (Å²) < 4.78 is 0. The first-order valence-electron chi connectivity index (χ1n) is 4.29. The average molecular weight is 186 g/mol. The maximum absolute atomic E-state index is 9.36. The first kappa shape index (κ1) is 12.4. The van der Waals surface area contributed by atoms with Crippen molar-refractivity contribution in [1.29, 1.82) is 0 Å². The number of aliphatic hydroxyl groups is 3. The third kappa shape index (κ3) is 6.51. The summed E-state index contributed by atoms with van der Waals surface area (Å²) in [5.74, 6) is 0. The van der Waals surface area contributed by atoms with Crippen molar-refractivity contribution in [2.45, 2.75) is 25.9 Å². The number of hydrogen-bond donors (Lipinski definition) is 3. The van der Waals surface area contributed by atoms with E-state index < -0.39 is 5.60 Å². The first-order valence-corrected chi connectivity index (χ1v) is 4.29. The third-order valence-electron chi connectivity index (χ3n) is 1.68. The van der Waals surface area contributed by atoms with E-state index in [0.29, 0.717) is 6.42 Å². The minimum absolute atomic E-state index is 0.0378. The fourth-order valence-electron chi connectivity index (χ4n) is 0.791. The van der Waals surface area contributed by atoms with Gasteiger partial charge < -0.3 is 15.3 Å². The Morgan fingerprint density at radius 2 is 2.00 bits per heavy atom. The molecule has 0 saturated carbocycles. The first-order chi connectivity index (χ1) is 6.02. The highest BCUT2D eigenvalue weighted by Gasteiger charge is 2.12. The lowest BCUT2D eigenvalue weighted by Gasteiger charge is -2.14. The summed E-state index contributed by atoms with van der Waals surface area (Å²) in [6.45, 7) is 3.19. The van der Waals surface area contributed by atoms with Crippen molar-refractivity contribution in [3.63, 3.8) is 0 Å². The van der Waals surface area contributed by atoms with Crippen molar-refractivity contribution in [3.05, 3.63) is 23.8 Å². The molecule has 76 valence electrons. The topological polar surface area (TPSA) is 60.7 Å². The van der Waals surface area contributed by atoms with Gasteiger partial charge in [0, 0.05) is 0 Å². The number of hydrogen-bond acceptors (Lipinski definition) is 3. The Morgan fingerprint density at radius 3 is 2.46 bits per heavy atom. The standard InChI is InChI=1S/C10H18O3/c1-9(5-7-11)4-3-6-10(2,13)8-12/h3,5-6,11-13H,4,7-8H2,1-2H3/b6-3+,9-5+/t10-/m1/s1. The van der Waals surface area contributed by atoms with Gasteiger partial charge in [0.25, 0.3) is 0 Å². The van der Waals surface area contributed by atoms with Crippen LogP contribution in [0.3, 0.4) is 0 Å². The van der Waals surface area contributed by atoms with Gasteiger partial charge in [-0.15, -0.1) is 0 Å². The van der Waals surface area contributed by atoms with E-state index in [0.717, 1.165) is 5.57 Å². The van der Waals surface area contributed by atoms with Crippen LogP contribution in [0.25, 0.3) is 0 Å². The van der Waals surface area contributed by atoms with Crippen molar-refractivity contribution in [2.75, 3.05) is 13.2 Å². The smallest absolute Gasteiger partial charge is 0.103 e. The van der Waals surface area contributed by atoms with E-state index in [1.165, 1.54) is 6.92 Å². The van der Waals surface area contributed by atoms with Crippen molar-refractivity contribution in [1.82, 2.24) is 0 Å². The fraction of sp³-hybridized carbons (Fsp3) is 0.600. The lowest BCUT2D eigenvalue weighted by molar-refractivity contribution is 0.0433. The maximum Gasteiger partial charge on any atom is 0.103 e. The van der Waals surface area contributed by atoms with Gasteiger partial charge in [0.05, 0.1) is 13.2 Å². The van der Waals surface area contributed by atoms with Crippen LogP contribution in [0.15, 0.2) is 23.8 Å². The predicted octanol–water partition coefficient (Wildman–Crippen LogP) is 0.615. The van der Waals surface area contributed by atoms with Gasteiger partial charge >= 0.3 is 0 Å². The molecule has 13 heavy (non-hydrogen) atoms. The predicted molar refractivity (Wildman–Crippen MR) is 52.3 cm³/mol. The molecule has 0 aromatic heterocycles. The van der Waals surface area contributed by atoms with Crippen LogP contribution >= 0.6 is 0 Å². The summed E-state index contributed by atoms with van der Waals surface area (Å²) in [6, 6.07) is 0. The second kappa shape index (κ2) is 5.91. The quantitative estimate of drug-likeness (QED) is 0.551. The van der Waals surface area contributed by atoms with Crippen LogP contribution in [-0.4, -0.2) is 34.1 Å². The second-order valence-corrected chi connectivity index (χ2v) is 3.35. The molecule has 3 nitrogen and oxygen atoms in total. The molecular weight excluding hydrogens is 168 g/mol. The van der Waals surface area contributed by atoms with Crippen molar-refractivity contribution < 1.29 is 15.3 Å². The zero-order valence-electron chi connectivity index (χ0n) is 8.20. The Kier molecular flexibility index (Phi) is 5.62. The zero-order valence-corrected chi connectivity index (χ0v) is 8.20. The lowest BCUT2D eigenvalue weighted by Crippen LogP contribution is -2.25. The van der Waals surface area contributed by atoms with E-state index in [4.69, 9.17) is 10.2 Å². The van der Waals surface area contributed by atoms with Crippen molar-refractivity contribution in [3.8, 4) is 0 Å². The van der Waals surface area contributed by atoms with Crippen LogP contribution in [-0.2, 0) is 0 Å². The molecule has 0 heterocycles. The summed E-state index contributed by atoms with van der Waals surface area (Å²) in [4.78, 5) is 0. The molecule has 1 atom stereocenters. The minimum Gasteiger partial charge on any atom is -0.393 e. The monoisotopic (exact) mass is 186 g/mol. The summed E-state index contributed by atoms with van der Waals surface area (Å²) in [5, 5.41) is 26.6. The van der Waals surface area contributed by atoms with Gasteiger partial charge in [0.15, 0.2) is 0 Å². The summed E-state index contributed by atoms with van der Waals surface area (Å²) in [7, 11) is 0. The molecule has 0 aliphatic carbocycles. The van der Waals surface area contributed by atoms with Crippen LogP contribution in [0, 0.1) is 0 Å². The largest absolute Gasteiger partial charge is 0.393 e. The summed E-state index contributed by atoms with van der Waals surface area (Å²) in [6.07, 6.45) is 5.72. The van der Waals surface area contributed by atoms with E-state index in [2.05, 4.69) is 0 Å². The Morgan fingerprint density at radius 1 is 1.38 bits per heavy atom. The Balaban J connectivity index is 3.94. The minimum atomic E-state index is -1.14. The van der Waals surface area contributed by atoms with Crippen LogP contribution < -0.4 is 0 Å². The van der Waals surface area contributed by atoms with E-state index >= 15 is 0 Å². The van der Waals surface area contributed by atoms with Gasteiger partial charge in [-0.05, 0) is 20.3 Å². The van der Waals surface area contributed by atoms with Gasteiger partial charge in [-0.25, -0.2) is 0 Å². The van der Waals surface area contributed by atoms with E-state index in [9.17, 15) is 5.11 Å². The molecule has 0 aromatic carbocycles. The highest BCUT2D eigenvalue weighted by Crippen LogP contribution is 2.07. The molecule has 0 saturated heterocycles. The van der Waals surface area contributed by atoms with Crippen LogP contribution in [0.4, 0.5) is 0 Å². The highest BCUT2D eigenvalue weighted by atomic mass is 16.3. The van der Waals surface area contributed by atoms with Crippen LogP contribution in [0.1, 0.15) is 20.3 Å². The zero-order chi connectivity index (χ0) is 10.3. The molecular formula is C10H18O3. The molecule has 0 fully saturated rings. The number of allylic oxidation sites excluding steroid dienone is 2. The van der Waals surface area contributed by atoms with Crippen molar-refractivity contribution >= 4 is 0 Å². The van der Waals surface area contributed by atoms with Crippen LogP contribution in [0.2, 0.25) is 0 Å². The molecule has 0 aliphatic heterocycles. The second-order valence-electron chi connectivity index (χ2n) is 3.35. The molecule has 0 bridgehead atoms. The van der Waals surface area contributed by atoms with E-state index in [1.54, 1.807) is 18.2 Å². The van der Waals surface area contributed by atoms with Gasteiger partial charge in [0.1, 0.15) is 5.60 Å². The Bertz CT molecular complexity index is 192. The molecule has 0 amide bonds. The normalized spacial score (nSPS) is 17.8. The van der Waals surface area contributed by atoms with E-state index in [1.807, 2.05) is 6.92 Å². The van der Waals surface area contributed by atoms with Gasteiger partial charge in [-0.3, -0.25) is 0 Å². The SMILES string of the molecule is C/C(=C\CO)C/C=C/[C@@](C)(O)CO. The molecule has 3 N–H and O–H groups in total. The molecule has 0 radical (unpaired) electrons. The molecule has 0 aliphatic rings. The Hall–Kier alpha value is -0.640. The molecule has 3 heteroatoms. The lowest BCUT2D eigenvalue weighted by atomic mass is 10.1. The van der Waals surface area contributed by atoms with Crippen molar-refractivity contribution in [2.24, 2.45) is 0 Å². The molecule has 0 spiro atoms. The maximum atomic E-state index is 9.36. The molecule has 0 rings (SSSR count). The van der Waals surface area contributed by atoms with Gasteiger partial charge in [-0.2, -0.15) is 0 Å². The van der Waals surface area contributed by atoms with Crippen LogP contribution in [0.5, 0.6) is 0 Å².